The van der Waals surface area contributed by atoms with Gasteiger partial charge in [0.2, 0.25) is 0 Å². The molecule has 5 heteroatoms. The highest BCUT2D eigenvalue weighted by atomic mass is 16.5. The molecule has 0 unspecified atom stereocenters. The lowest BCUT2D eigenvalue weighted by Crippen LogP contribution is -2.18. The zero-order valence-corrected chi connectivity index (χ0v) is 9.87. The topological polar surface area (TPSA) is 69.7 Å². The third-order valence-electron chi connectivity index (χ3n) is 2.18. The van der Waals surface area contributed by atoms with Gasteiger partial charge in [-0.2, -0.15) is 0 Å². The van der Waals surface area contributed by atoms with Crippen LogP contribution in [0.4, 0.5) is 0 Å². The molecule has 0 heterocycles. The summed E-state index contributed by atoms with van der Waals surface area (Å²) in [4.78, 5) is 33.4. The molecule has 0 amide bonds. The van der Waals surface area contributed by atoms with Crippen LogP contribution in [0.1, 0.15) is 33.1 Å². The van der Waals surface area contributed by atoms with Crippen molar-refractivity contribution < 1.29 is 23.9 Å². The van der Waals surface area contributed by atoms with Crippen LogP contribution in [0.2, 0.25) is 0 Å². The Balaban J connectivity index is 3.03. The van der Waals surface area contributed by atoms with Crippen molar-refractivity contribution in [3.05, 3.63) is 23.7 Å². The van der Waals surface area contributed by atoms with E-state index >= 15 is 0 Å². The molecule has 17 heavy (non-hydrogen) atoms. The number of allylic oxidation sites excluding steroid dienone is 2. The Hall–Kier alpha value is -1.91. The number of hydrogen-bond donors (Lipinski definition) is 0. The predicted molar refractivity (Wildman–Crippen MR) is 58.6 cm³/mol. The number of hydrogen-bond acceptors (Lipinski definition) is 5. The molecular formula is C12H14O5. The Kier molecular flexibility index (Phi) is 4.20. The van der Waals surface area contributed by atoms with Gasteiger partial charge in [0.1, 0.15) is 11.5 Å². The van der Waals surface area contributed by atoms with Crippen molar-refractivity contribution in [2.75, 3.05) is 0 Å². The number of Topliss-reactive ketones (excluding diaryl/α,β-unsaturated/α-hetero) is 1. The third kappa shape index (κ3) is 3.55. The second-order valence-electron chi connectivity index (χ2n) is 3.69. The van der Waals surface area contributed by atoms with E-state index in [9.17, 15) is 14.4 Å². The van der Waals surface area contributed by atoms with E-state index < -0.39 is 11.9 Å². The average Bonchev–Trinajstić information content (AvgIpc) is 2.14. The van der Waals surface area contributed by atoms with E-state index in [1.807, 2.05) is 0 Å². The summed E-state index contributed by atoms with van der Waals surface area (Å²) in [6.45, 7) is 5.97. The molecule has 1 rings (SSSR count). The van der Waals surface area contributed by atoms with Gasteiger partial charge in [-0.1, -0.05) is 6.58 Å². The lowest BCUT2D eigenvalue weighted by atomic mass is 9.95. The molecule has 0 aliphatic heterocycles. The Morgan fingerprint density at radius 2 is 1.82 bits per heavy atom. The van der Waals surface area contributed by atoms with Gasteiger partial charge in [-0.05, 0) is 6.42 Å². The Morgan fingerprint density at radius 3 is 2.35 bits per heavy atom. The number of carbonyl (C=O) groups excluding carboxylic acids is 3. The van der Waals surface area contributed by atoms with Crippen LogP contribution in [-0.4, -0.2) is 17.7 Å². The first kappa shape index (κ1) is 13.2. The summed E-state index contributed by atoms with van der Waals surface area (Å²) >= 11 is 0. The molecule has 0 aromatic carbocycles. The maximum Gasteiger partial charge on any atom is 0.308 e. The number of ketones is 1. The van der Waals surface area contributed by atoms with Gasteiger partial charge >= 0.3 is 11.9 Å². The Morgan fingerprint density at radius 1 is 1.18 bits per heavy atom. The maximum atomic E-state index is 11.7. The lowest BCUT2D eigenvalue weighted by molar-refractivity contribution is -0.137. The SMILES string of the molecule is C=C(OC(C)=O)C1=C(OC(C)=O)CCCC1=O. The van der Waals surface area contributed by atoms with E-state index in [1.165, 1.54) is 13.8 Å². The summed E-state index contributed by atoms with van der Waals surface area (Å²) < 4.78 is 9.71. The zero-order chi connectivity index (χ0) is 13.0. The van der Waals surface area contributed by atoms with Crippen LogP contribution >= 0.6 is 0 Å². The van der Waals surface area contributed by atoms with Gasteiger partial charge in [0.05, 0.1) is 5.57 Å². The first-order chi connectivity index (χ1) is 7.91. The van der Waals surface area contributed by atoms with Crippen molar-refractivity contribution in [1.82, 2.24) is 0 Å². The van der Waals surface area contributed by atoms with Crippen LogP contribution in [0.3, 0.4) is 0 Å². The van der Waals surface area contributed by atoms with Crippen molar-refractivity contribution in [2.45, 2.75) is 33.1 Å². The van der Waals surface area contributed by atoms with Gasteiger partial charge in [-0.25, -0.2) is 0 Å². The normalized spacial score (nSPS) is 15.5. The highest BCUT2D eigenvalue weighted by Crippen LogP contribution is 2.28. The van der Waals surface area contributed by atoms with Crippen molar-refractivity contribution in [1.29, 1.82) is 0 Å². The summed E-state index contributed by atoms with van der Waals surface area (Å²) in [5, 5.41) is 0. The number of carbonyl (C=O) groups is 3. The molecular weight excluding hydrogens is 224 g/mol. The molecule has 0 saturated carbocycles. The van der Waals surface area contributed by atoms with Crippen LogP contribution in [0.5, 0.6) is 0 Å². The quantitative estimate of drug-likeness (QED) is 0.552. The Bertz CT molecular complexity index is 417. The summed E-state index contributed by atoms with van der Waals surface area (Å²) in [6.07, 6.45) is 1.40. The molecule has 0 saturated heterocycles. The number of esters is 2. The van der Waals surface area contributed by atoms with E-state index in [1.54, 1.807) is 0 Å². The van der Waals surface area contributed by atoms with Crippen molar-refractivity contribution in [2.24, 2.45) is 0 Å². The molecule has 0 N–H and O–H groups in total. The smallest absolute Gasteiger partial charge is 0.308 e. The third-order valence-corrected chi connectivity index (χ3v) is 2.18. The number of ether oxygens (including phenoxy) is 2. The highest BCUT2D eigenvalue weighted by molar-refractivity contribution is 6.00. The fourth-order valence-corrected chi connectivity index (χ4v) is 1.63. The molecule has 0 bridgehead atoms. The summed E-state index contributed by atoms with van der Waals surface area (Å²) in [7, 11) is 0. The van der Waals surface area contributed by atoms with Crippen molar-refractivity contribution in [3.8, 4) is 0 Å². The van der Waals surface area contributed by atoms with E-state index in [0.717, 1.165) is 0 Å². The minimum Gasteiger partial charge on any atom is -0.430 e. The summed E-state index contributed by atoms with van der Waals surface area (Å²) in [6, 6.07) is 0. The van der Waals surface area contributed by atoms with Crippen LogP contribution in [0, 0.1) is 0 Å². The van der Waals surface area contributed by atoms with E-state index in [0.29, 0.717) is 19.3 Å². The van der Waals surface area contributed by atoms with Crippen molar-refractivity contribution >= 4 is 17.7 Å². The number of rotatable bonds is 3. The minimum absolute atomic E-state index is 0.0570. The molecule has 92 valence electrons. The highest BCUT2D eigenvalue weighted by Gasteiger charge is 2.26. The van der Waals surface area contributed by atoms with E-state index in [-0.39, 0.29) is 22.9 Å². The largest absolute Gasteiger partial charge is 0.430 e. The monoisotopic (exact) mass is 238 g/mol. The fraction of sp³-hybridized carbons (Fsp3) is 0.417. The van der Waals surface area contributed by atoms with Gasteiger partial charge < -0.3 is 9.47 Å². The first-order valence-electron chi connectivity index (χ1n) is 5.24. The summed E-state index contributed by atoms with van der Waals surface area (Å²) in [5.41, 5.74) is 0.113. The Labute approximate surface area is 99.1 Å². The summed E-state index contributed by atoms with van der Waals surface area (Å²) in [5.74, 6) is -1.12. The lowest BCUT2D eigenvalue weighted by Gasteiger charge is -2.19. The first-order valence-corrected chi connectivity index (χ1v) is 5.24. The zero-order valence-electron chi connectivity index (χ0n) is 9.87. The molecule has 0 spiro atoms. The molecule has 5 nitrogen and oxygen atoms in total. The van der Waals surface area contributed by atoms with Crippen LogP contribution < -0.4 is 0 Å². The molecule has 0 aromatic rings. The molecule has 0 fully saturated rings. The molecule has 0 aromatic heterocycles. The van der Waals surface area contributed by atoms with E-state index in [2.05, 4.69) is 6.58 Å². The standard InChI is InChI=1S/C12H14O5/c1-7(16-8(2)13)12-10(15)5-4-6-11(12)17-9(3)14/h1,4-6H2,2-3H3. The van der Waals surface area contributed by atoms with E-state index in [4.69, 9.17) is 9.47 Å². The van der Waals surface area contributed by atoms with Gasteiger partial charge in [-0.3, -0.25) is 14.4 Å². The van der Waals surface area contributed by atoms with Crippen LogP contribution in [0.15, 0.2) is 23.7 Å². The maximum absolute atomic E-state index is 11.7. The van der Waals surface area contributed by atoms with Crippen molar-refractivity contribution in [3.63, 3.8) is 0 Å². The predicted octanol–water partition coefficient (Wildman–Crippen LogP) is 1.63. The molecule has 0 atom stereocenters. The van der Waals surface area contributed by atoms with Gasteiger partial charge in [0.25, 0.3) is 0 Å². The average molecular weight is 238 g/mol. The fourth-order valence-electron chi connectivity index (χ4n) is 1.63. The van der Waals surface area contributed by atoms with Gasteiger partial charge in [-0.15, -0.1) is 0 Å². The second-order valence-corrected chi connectivity index (χ2v) is 3.69. The van der Waals surface area contributed by atoms with Crippen LogP contribution in [-0.2, 0) is 23.9 Å². The molecule has 0 radical (unpaired) electrons. The van der Waals surface area contributed by atoms with Gasteiger partial charge in [0, 0.05) is 26.7 Å². The minimum atomic E-state index is -0.567. The van der Waals surface area contributed by atoms with Gasteiger partial charge in [0.15, 0.2) is 5.78 Å². The van der Waals surface area contributed by atoms with Crippen LogP contribution in [0.25, 0.3) is 0 Å². The molecule has 1 aliphatic rings. The molecule has 1 aliphatic carbocycles. The second kappa shape index (κ2) is 5.43.